The number of carbonyl (C=O) groups is 1. The molecular formula is C21H21N7O2. The van der Waals surface area contributed by atoms with Crippen LogP contribution in [-0.4, -0.2) is 45.3 Å². The number of fused-ring (bicyclic) bond motifs is 1. The highest BCUT2D eigenvalue weighted by atomic mass is 16.5. The molecule has 4 aromatic rings. The highest BCUT2D eigenvalue weighted by Gasteiger charge is 2.35. The average Bonchev–Trinajstić information content (AvgIpc) is 3.40. The minimum Gasteiger partial charge on any atom is -0.491 e. The Bertz CT molecular complexity index is 1290. The number of hydrogen-bond acceptors (Lipinski definition) is 6. The second-order valence-electron chi connectivity index (χ2n) is 7.90. The molecule has 0 unspecified atom stereocenters. The Hall–Kier alpha value is -3.75. The summed E-state index contributed by atoms with van der Waals surface area (Å²) in [5.41, 5.74) is 11.0. The number of nitrogens with one attached hydrogen (secondary N) is 4. The highest BCUT2D eigenvalue weighted by Crippen LogP contribution is 2.44. The van der Waals surface area contributed by atoms with E-state index in [9.17, 15) is 4.79 Å². The zero-order chi connectivity index (χ0) is 20.2. The maximum Gasteiger partial charge on any atom is 0.240 e. The molecule has 1 aromatic carbocycles. The Morgan fingerprint density at radius 2 is 2.23 bits per heavy atom. The SMILES string of the molecule is NC(=O)[C@@H](Nc1cc2c3c(c(-c4ccnc5[nH]ncc45)[nH]c3c1)NCCO2)C1CC1. The molecule has 1 atom stereocenters. The highest BCUT2D eigenvalue weighted by molar-refractivity contribution is 6.09. The molecule has 6 rings (SSSR count). The Balaban J connectivity index is 1.51. The molecule has 0 spiro atoms. The van der Waals surface area contributed by atoms with Crippen molar-refractivity contribution in [3.8, 4) is 17.0 Å². The summed E-state index contributed by atoms with van der Waals surface area (Å²) in [6.45, 7) is 1.23. The smallest absolute Gasteiger partial charge is 0.240 e. The third kappa shape index (κ3) is 2.66. The lowest BCUT2D eigenvalue weighted by molar-refractivity contribution is -0.119. The topological polar surface area (TPSA) is 134 Å². The van der Waals surface area contributed by atoms with Crippen LogP contribution in [0.1, 0.15) is 12.8 Å². The lowest BCUT2D eigenvalue weighted by Crippen LogP contribution is -2.37. The second-order valence-corrected chi connectivity index (χ2v) is 7.90. The van der Waals surface area contributed by atoms with Crippen LogP contribution >= 0.6 is 0 Å². The van der Waals surface area contributed by atoms with Crippen molar-refractivity contribution < 1.29 is 9.53 Å². The van der Waals surface area contributed by atoms with Gasteiger partial charge in [-0.15, -0.1) is 0 Å². The molecule has 4 heterocycles. The standard InChI is InChI=1S/C21H21N7O2/c22-20(29)17(10-1-2-10)26-11-7-14-16-15(8-11)30-6-5-23-19(16)18(27-14)12-3-4-24-21-13(12)9-25-28-21/h3-4,7-10,17,23,26-27H,1-2,5-6H2,(H2,22,29)(H,24,25,28)/t17-/m0/s1. The minimum atomic E-state index is -0.363. The van der Waals surface area contributed by atoms with Crippen molar-refractivity contribution in [1.29, 1.82) is 0 Å². The summed E-state index contributed by atoms with van der Waals surface area (Å²) < 4.78 is 6.03. The number of H-pyrrole nitrogens is 2. The first kappa shape index (κ1) is 17.1. The van der Waals surface area contributed by atoms with Crippen LogP contribution in [0.2, 0.25) is 0 Å². The normalized spacial score (nSPS) is 16.7. The van der Waals surface area contributed by atoms with Crippen molar-refractivity contribution in [3.05, 3.63) is 30.6 Å². The summed E-state index contributed by atoms with van der Waals surface area (Å²) >= 11 is 0. The molecule has 3 aromatic heterocycles. The maximum atomic E-state index is 11.9. The number of primary amides is 1. The van der Waals surface area contributed by atoms with Gasteiger partial charge in [-0.1, -0.05) is 0 Å². The van der Waals surface area contributed by atoms with Crippen molar-refractivity contribution in [2.24, 2.45) is 11.7 Å². The summed E-state index contributed by atoms with van der Waals surface area (Å²) in [6.07, 6.45) is 5.59. The molecule has 9 nitrogen and oxygen atoms in total. The van der Waals surface area contributed by atoms with Crippen LogP contribution in [0, 0.1) is 5.92 Å². The molecule has 1 saturated carbocycles. The molecule has 0 bridgehead atoms. The van der Waals surface area contributed by atoms with Crippen LogP contribution < -0.4 is 21.1 Å². The molecule has 2 aliphatic rings. The van der Waals surface area contributed by atoms with Crippen molar-refractivity contribution in [2.45, 2.75) is 18.9 Å². The number of hydrogen-bond donors (Lipinski definition) is 5. The number of carbonyl (C=O) groups excluding carboxylic acids is 1. The van der Waals surface area contributed by atoms with E-state index in [1.54, 1.807) is 12.4 Å². The van der Waals surface area contributed by atoms with E-state index in [0.717, 1.165) is 63.2 Å². The number of rotatable bonds is 5. The largest absolute Gasteiger partial charge is 0.491 e. The Morgan fingerprint density at radius 3 is 3.07 bits per heavy atom. The van der Waals surface area contributed by atoms with Crippen LogP contribution in [0.3, 0.4) is 0 Å². The van der Waals surface area contributed by atoms with Crippen molar-refractivity contribution in [1.82, 2.24) is 20.2 Å². The second kappa shape index (κ2) is 6.38. The van der Waals surface area contributed by atoms with E-state index in [1.807, 2.05) is 18.2 Å². The minimum absolute atomic E-state index is 0.306. The number of aromatic nitrogens is 4. The van der Waals surface area contributed by atoms with Crippen LogP contribution in [0.15, 0.2) is 30.6 Å². The lowest BCUT2D eigenvalue weighted by Gasteiger charge is -2.17. The molecule has 9 heteroatoms. The van der Waals surface area contributed by atoms with E-state index in [1.165, 1.54) is 0 Å². The van der Waals surface area contributed by atoms with E-state index < -0.39 is 0 Å². The molecule has 1 aliphatic carbocycles. The van der Waals surface area contributed by atoms with Crippen molar-refractivity contribution >= 4 is 39.2 Å². The van der Waals surface area contributed by atoms with E-state index in [0.29, 0.717) is 19.1 Å². The lowest BCUT2D eigenvalue weighted by atomic mass is 10.1. The van der Waals surface area contributed by atoms with E-state index >= 15 is 0 Å². The van der Waals surface area contributed by atoms with Gasteiger partial charge in [0.25, 0.3) is 0 Å². The molecule has 30 heavy (non-hydrogen) atoms. The molecule has 6 N–H and O–H groups in total. The Labute approximate surface area is 171 Å². The first-order chi connectivity index (χ1) is 14.7. The average molecular weight is 403 g/mol. The van der Waals surface area contributed by atoms with Gasteiger partial charge in [0.05, 0.1) is 28.5 Å². The van der Waals surface area contributed by atoms with E-state index in [2.05, 4.69) is 30.8 Å². The van der Waals surface area contributed by atoms with Gasteiger partial charge in [0.1, 0.15) is 18.4 Å². The van der Waals surface area contributed by atoms with Gasteiger partial charge in [-0.3, -0.25) is 9.89 Å². The van der Waals surface area contributed by atoms with Gasteiger partial charge in [0, 0.05) is 35.4 Å². The van der Waals surface area contributed by atoms with E-state index in [4.69, 9.17) is 10.5 Å². The Kier molecular flexibility index (Phi) is 3.64. The first-order valence-electron chi connectivity index (χ1n) is 10.1. The quantitative estimate of drug-likeness (QED) is 0.348. The van der Waals surface area contributed by atoms with Gasteiger partial charge in [-0.05, 0) is 30.9 Å². The third-order valence-electron chi connectivity index (χ3n) is 5.87. The van der Waals surface area contributed by atoms with Crippen molar-refractivity contribution in [3.63, 3.8) is 0 Å². The monoisotopic (exact) mass is 403 g/mol. The van der Waals surface area contributed by atoms with Gasteiger partial charge in [-0.2, -0.15) is 5.10 Å². The molecule has 152 valence electrons. The number of benzene rings is 1. The number of nitrogens with two attached hydrogens (primary N) is 1. The van der Waals surface area contributed by atoms with Crippen LogP contribution in [0.5, 0.6) is 5.75 Å². The Morgan fingerprint density at radius 1 is 1.33 bits per heavy atom. The number of ether oxygens (including phenoxy) is 1. The molecule has 0 radical (unpaired) electrons. The van der Waals surface area contributed by atoms with Crippen LogP contribution in [0.4, 0.5) is 11.4 Å². The summed E-state index contributed by atoms with van der Waals surface area (Å²) in [6, 6.07) is 5.57. The first-order valence-corrected chi connectivity index (χ1v) is 10.1. The fourth-order valence-electron chi connectivity index (χ4n) is 4.31. The summed E-state index contributed by atoms with van der Waals surface area (Å²) in [5.74, 6) is 0.757. The number of amides is 1. The predicted molar refractivity (Wildman–Crippen MR) is 114 cm³/mol. The van der Waals surface area contributed by atoms with Gasteiger partial charge in [-0.25, -0.2) is 4.98 Å². The number of nitrogens with zero attached hydrogens (tertiary/aromatic N) is 2. The zero-order valence-electron chi connectivity index (χ0n) is 16.2. The predicted octanol–water partition coefficient (Wildman–Crippen LogP) is 2.59. The summed E-state index contributed by atoms with van der Waals surface area (Å²) in [7, 11) is 0. The maximum absolute atomic E-state index is 11.9. The summed E-state index contributed by atoms with van der Waals surface area (Å²) in [5, 5.41) is 15.8. The number of pyridine rings is 1. The fourth-order valence-corrected chi connectivity index (χ4v) is 4.31. The van der Waals surface area contributed by atoms with Crippen LogP contribution in [-0.2, 0) is 4.79 Å². The van der Waals surface area contributed by atoms with Crippen LogP contribution in [0.25, 0.3) is 33.2 Å². The van der Waals surface area contributed by atoms with Gasteiger partial charge in [0.2, 0.25) is 5.91 Å². The number of anilines is 2. The summed E-state index contributed by atoms with van der Waals surface area (Å²) in [4.78, 5) is 19.8. The zero-order valence-corrected chi connectivity index (χ0v) is 16.2. The van der Waals surface area contributed by atoms with Gasteiger partial charge in [0.15, 0.2) is 5.65 Å². The number of aromatic amines is 2. The van der Waals surface area contributed by atoms with Crippen molar-refractivity contribution in [2.75, 3.05) is 23.8 Å². The third-order valence-corrected chi connectivity index (χ3v) is 5.87. The molecular weight excluding hydrogens is 382 g/mol. The fraction of sp³-hybridized carbons (Fsp3) is 0.286. The van der Waals surface area contributed by atoms with Gasteiger partial charge >= 0.3 is 0 Å². The van der Waals surface area contributed by atoms with E-state index in [-0.39, 0.29) is 11.9 Å². The molecule has 1 fully saturated rings. The molecule has 1 aliphatic heterocycles. The molecule has 1 amide bonds. The molecule has 0 saturated heterocycles. The van der Waals surface area contributed by atoms with Gasteiger partial charge < -0.3 is 26.1 Å².